The number of likely N-dealkylation sites (tertiary alicyclic amines) is 2. The Kier molecular flexibility index (Phi) is 5.88. The Labute approximate surface area is 199 Å². The number of β-lactam (4-membered cyclic amide) rings is 1. The van der Waals surface area contributed by atoms with E-state index >= 15 is 0 Å². The predicted octanol–water partition coefficient (Wildman–Crippen LogP) is 5.28. The molecule has 3 aromatic rings. The zero-order valence-electron chi connectivity index (χ0n) is 16.9. The molecular weight excluding hydrogens is 471 g/mol. The Balaban J connectivity index is 1.32. The Hall–Kier alpha value is -2.48. The van der Waals surface area contributed by atoms with E-state index in [1.54, 1.807) is 41.3 Å². The van der Waals surface area contributed by atoms with Crippen molar-refractivity contribution in [2.75, 3.05) is 13.1 Å². The highest BCUT2D eigenvalue weighted by molar-refractivity contribution is 7.16. The Morgan fingerprint density at radius 2 is 1.91 bits per heavy atom. The van der Waals surface area contributed by atoms with Crippen molar-refractivity contribution in [2.24, 2.45) is 0 Å². The maximum absolute atomic E-state index is 13.2. The molecular formula is C23H20Cl2N2O4S. The van der Waals surface area contributed by atoms with Crippen LogP contribution in [-0.2, 0) is 4.79 Å². The van der Waals surface area contributed by atoms with Crippen LogP contribution in [0, 0.1) is 0 Å². The van der Waals surface area contributed by atoms with Crippen molar-refractivity contribution in [3.8, 4) is 5.75 Å². The minimum Gasteiger partial charge on any atom is -0.478 e. The molecule has 166 valence electrons. The first-order valence-electron chi connectivity index (χ1n) is 10.3. The molecule has 0 radical (unpaired) electrons. The SMILES string of the molecule is O=C(c1ccco1)N1CCC(N2C(=O)[C@@H](Oc3cccc(Cl)c3)[C@H]2c2ccc(Cl)s2)CC1. The first-order valence-corrected chi connectivity index (χ1v) is 11.9. The highest BCUT2D eigenvalue weighted by atomic mass is 35.5. The van der Waals surface area contributed by atoms with E-state index in [0.717, 1.165) is 4.88 Å². The highest BCUT2D eigenvalue weighted by Gasteiger charge is 2.54. The van der Waals surface area contributed by atoms with Gasteiger partial charge in [-0.2, -0.15) is 0 Å². The third-order valence-corrected chi connectivity index (χ3v) is 7.44. The molecule has 6 nitrogen and oxygen atoms in total. The van der Waals surface area contributed by atoms with Crippen LogP contribution >= 0.6 is 34.5 Å². The van der Waals surface area contributed by atoms with Gasteiger partial charge in [0.05, 0.1) is 10.6 Å². The van der Waals surface area contributed by atoms with Crippen molar-refractivity contribution in [1.29, 1.82) is 0 Å². The van der Waals surface area contributed by atoms with Gasteiger partial charge in [0.15, 0.2) is 5.76 Å². The van der Waals surface area contributed by atoms with Crippen LogP contribution in [0.3, 0.4) is 0 Å². The van der Waals surface area contributed by atoms with E-state index in [-0.39, 0.29) is 23.9 Å². The van der Waals surface area contributed by atoms with Crippen LogP contribution in [-0.4, -0.2) is 46.8 Å². The predicted molar refractivity (Wildman–Crippen MR) is 122 cm³/mol. The number of carbonyl (C=O) groups excluding carboxylic acids is 2. The molecule has 2 aliphatic rings. The second kappa shape index (κ2) is 8.81. The molecule has 0 bridgehead atoms. The van der Waals surface area contributed by atoms with Gasteiger partial charge >= 0.3 is 0 Å². The number of hydrogen-bond donors (Lipinski definition) is 0. The molecule has 2 aromatic heterocycles. The maximum Gasteiger partial charge on any atom is 0.289 e. The summed E-state index contributed by atoms with van der Waals surface area (Å²) in [6.45, 7) is 1.12. The van der Waals surface area contributed by atoms with Crippen LogP contribution in [0.2, 0.25) is 9.36 Å². The molecule has 5 rings (SSSR count). The first kappa shape index (κ1) is 21.4. The van der Waals surface area contributed by atoms with Gasteiger partial charge in [0.1, 0.15) is 11.8 Å². The van der Waals surface area contributed by atoms with Gasteiger partial charge in [-0.1, -0.05) is 29.3 Å². The molecule has 2 saturated heterocycles. The average molecular weight is 491 g/mol. The molecule has 2 atom stereocenters. The number of nitrogens with zero attached hydrogens (tertiary/aromatic N) is 2. The van der Waals surface area contributed by atoms with Gasteiger partial charge in [-0.15, -0.1) is 11.3 Å². The summed E-state index contributed by atoms with van der Waals surface area (Å²) in [6, 6.07) is 14.0. The Morgan fingerprint density at radius 1 is 1.09 bits per heavy atom. The molecule has 0 N–H and O–H groups in total. The third kappa shape index (κ3) is 4.00. The van der Waals surface area contributed by atoms with Crippen molar-refractivity contribution < 1.29 is 18.7 Å². The molecule has 1 aromatic carbocycles. The number of amides is 2. The molecule has 0 spiro atoms. The smallest absolute Gasteiger partial charge is 0.289 e. The number of thiophene rings is 1. The number of piperidine rings is 1. The van der Waals surface area contributed by atoms with Crippen LogP contribution in [0.25, 0.3) is 0 Å². The number of benzene rings is 1. The van der Waals surface area contributed by atoms with Crippen LogP contribution < -0.4 is 4.74 Å². The first-order chi connectivity index (χ1) is 15.5. The van der Waals surface area contributed by atoms with Gasteiger partial charge in [-0.3, -0.25) is 9.59 Å². The lowest BCUT2D eigenvalue weighted by molar-refractivity contribution is -0.170. The summed E-state index contributed by atoms with van der Waals surface area (Å²) in [5.74, 6) is 0.717. The summed E-state index contributed by atoms with van der Waals surface area (Å²) < 4.78 is 12.0. The van der Waals surface area contributed by atoms with E-state index in [0.29, 0.717) is 46.8 Å². The fourth-order valence-electron chi connectivity index (χ4n) is 4.37. The lowest BCUT2D eigenvalue weighted by atomic mass is 9.89. The molecule has 2 aliphatic heterocycles. The summed E-state index contributed by atoms with van der Waals surface area (Å²) in [5.41, 5.74) is 0. The van der Waals surface area contributed by atoms with E-state index in [1.165, 1.54) is 17.6 Å². The third-order valence-electron chi connectivity index (χ3n) is 5.91. The van der Waals surface area contributed by atoms with E-state index in [9.17, 15) is 9.59 Å². The summed E-state index contributed by atoms with van der Waals surface area (Å²) in [7, 11) is 0. The molecule has 2 fully saturated rings. The number of carbonyl (C=O) groups is 2. The number of rotatable bonds is 5. The fraction of sp³-hybridized carbons (Fsp3) is 0.304. The Bertz CT molecular complexity index is 1120. The van der Waals surface area contributed by atoms with Crippen molar-refractivity contribution >= 4 is 46.4 Å². The van der Waals surface area contributed by atoms with E-state index in [1.807, 2.05) is 17.0 Å². The van der Waals surface area contributed by atoms with Gasteiger partial charge in [0, 0.05) is 29.0 Å². The minimum atomic E-state index is -0.633. The van der Waals surface area contributed by atoms with Gasteiger partial charge in [0.2, 0.25) is 6.10 Å². The molecule has 9 heteroatoms. The fourth-order valence-corrected chi connectivity index (χ4v) is 5.73. The largest absolute Gasteiger partial charge is 0.478 e. The number of ether oxygens (including phenoxy) is 1. The zero-order valence-corrected chi connectivity index (χ0v) is 19.3. The van der Waals surface area contributed by atoms with Crippen LogP contribution in [0.1, 0.15) is 34.3 Å². The number of hydrogen-bond acceptors (Lipinski definition) is 5. The van der Waals surface area contributed by atoms with Crippen molar-refractivity contribution in [3.05, 3.63) is 74.8 Å². The average Bonchev–Trinajstić information content (AvgIpc) is 3.47. The van der Waals surface area contributed by atoms with Crippen LogP contribution in [0.4, 0.5) is 0 Å². The van der Waals surface area contributed by atoms with E-state index < -0.39 is 6.10 Å². The summed E-state index contributed by atoms with van der Waals surface area (Å²) >= 11 is 13.7. The number of furan rings is 1. The quantitative estimate of drug-likeness (QED) is 0.456. The van der Waals surface area contributed by atoms with Gasteiger partial charge in [0.25, 0.3) is 11.8 Å². The molecule has 32 heavy (non-hydrogen) atoms. The lowest BCUT2D eigenvalue weighted by Gasteiger charge is -2.51. The maximum atomic E-state index is 13.2. The number of halogens is 2. The molecule has 0 saturated carbocycles. The van der Waals surface area contributed by atoms with Crippen LogP contribution in [0.5, 0.6) is 5.75 Å². The van der Waals surface area contributed by atoms with E-state index in [4.69, 9.17) is 32.4 Å². The van der Waals surface area contributed by atoms with Gasteiger partial charge < -0.3 is 19.0 Å². The summed E-state index contributed by atoms with van der Waals surface area (Å²) in [4.78, 5) is 30.4. The minimum absolute atomic E-state index is 0.0215. The second-order valence-corrected chi connectivity index (χ2v) is 10.0. The van der Waals surface area contributed by atoms with E-state index in [2.05, 4.69) is 0 Å². The normalized spacial score (nSPS) is 21.5. The highest BCUT2D eigenvalue weighted by Crippen LogP contribution is 2.44. The van der Waals surface area contributed by atoms with Gasteiger partial charge in [-0.25, -0.2) is 0 Å². The molecule has 0 unspecified atom stereocenters. The topological polar surface area (TPSA) is 63.0 Å². The van der Waals surface area contributed by atoms with Crippen LogP contribution in [0.15, 0.2) is 59.2 Å². The standard InChI is InChI=1S/C23H20Cl2N2O4S/c24-14-3-1-4-16(13-14)31-21-20(18-6-7-19(25)32-18)27(23(21)29)15-8-10-26(11-9-15)22(28)17-5-2-12-30-17/h1-7,12-13,15,20-21H,8-11H2/t20-,21+/m1/s1. The summed E-state index contributed by atoms with van der Waals surface area (Å²) in [5, 5.41) is 0.551. The zero-order chi connectivity index (χ0) is 22.2. The molecule has 4 heterocycles. The van der Waals surface area contributed by atoms with Gasteiger partial charge in [-0.05, 0) is 55.3 Å². The monoisotopic (exact) mass is 490 g/mol. The van der Waals surface area contributed by atoms with Crippen molar-refractivity contribution in [2.45, 2.75) is 31.0 Å². The molecule has 2 amide bonds. The summed E-state index contributed by atoms with van der Waals surface area (Å²) in [6.07, 6.45) is 2.25. The van der Waals surface area contributed by atoms with Crippen molar-refractivity contribution in [1.82, 2.24) is 9.80 Å². The Morgan fingerprint density at radius 3 is 2.56 bits per heavy atom. The second-order valence-electron chi connectivity index (χ2n) is 7.83. The van der Waals surface area contributed by atoms with Crippen molar-refractivity contribution in [3.63, 3.8) is 0 Å². The lowest BCUT2D eigenvalue weighted by Crippen LogP contribution is -2.65. The molecule has 0 aliphatic carbocycles.